The molecule has 0 aliphatic carbocycles. The van der Waals surface area contributed by atoms with Crippen molar-refractivity contribution in [2.24, 2.45) is 0 Å². The molecule has 0 radical (unpaired) electrons. The van der Waals surface area contributed by atoms with E-state index < -0.39 is 10.0 Å². The number of hydrogen-bond donors (Lipinski definition) is 2. The molecule has 1 fully saturated rings. The number of benzene rings is 2. The Labute approximate surface area is 182 Å². The summed E-state index contributed by atoms with van der Waals surface area (Å²) >= 11 is 5.42. The van der Waals surface area contributed by atoms with Gasteiger partial charge in [0, 0.05) is 5.56 Å². The molecular weight excluding hydrogens is 418 g/mol. The lowest BCUT2D eigenvalue weighted by molar-refractivity contribution is -0.926. The molecule has 1 aliphatic heterocycles. The number of aryl methyl sites for hydroxylation is 2. The van der Waals surface area contributed by atoms with Crippen LogP contribution in [0.15, 0.2) is 53.4 Å². The molecule has 0 spiro atoms. The van der Waals surface area contributed by atoms with E-state index in [1.54, 1.807) is 16.4 Å². The summed E-state index contributed by atoms with van der Waals surface area (Å²) in [5.41, 5.74) is 3.23. The van der Waals surface area contributed by atoms with E-state index in [4.69, 9.17) is 12.2 Å². The Morgan fingerprint density at radius 2 is 1.57 bits per heavy atom. The summed E-state index contributed by atoms with van der Waals surface area (Å²) in [6.07, 6.45) is 0. The minimum Gasteiger partial charge on any atom is -0.314 e. The number of rotatable bonds is 5. The molecule has 1 aliphatic rings. The first kappa shape index (κ1) is 20.9. The maximum atomic E-state index is 12.9. The van der Waals surface area contributed by atoms with Gasteiger partial charge in [0.1, 0.15) is 0 Å². The van der Waals surface area contributed by atoms with E-state index in [1.807, 2.05) is 54.9 Å². The molecule has 0 amide bonds. The predicted molar refractivity (Wildman–Crippen MR) is 118 cm³/mol. The summed E-state index contributed by atoms with van der Waals surface area (Å²) in [4.78, 5) is 6.10. The molecule has 1 saturated heterocycles. The van der Waals surface area contributed by atoms with Gasteiger partial charge < -0.3 is 4.90 Å². The third-order valence-electron chi connectivity index (χ3n) is 5.47. The zero-order valence-electron chi connectivity index (χ0n) is 17.1. The van der Waals surface area contributed by atoms with Crippen molar-refractivity contribution in [3.63, 3.8) is 0 Å². The van der Waals surface area contributed by atoms with Crippen LogP contribution in [0.4, 0.5) is 0 Å². The molecule has 7 nitrogen and oxygen atoms in total. The minimum atomic E-state index is -3.45. The van der Waals surface area contributed by atoms with Gasteiger partial charge in [0.2, 0.25) is 14.8 Å². The minimum absolute atomic E-state index is 0.357. The van der Waals surface area contributed by atoms with Crippen molar-refractivity contribution in [2.75, 3.05) is 26.2 Å². The second-order valence-electron chi connectivity index (χ2n) is 7.77. The van der Waals surface area contributed by atoms with Crippen LogP contribution in [-0.2, 0) is 16.7 Å². The van der Waals surface area contributed by atoms with Crippen molar-refractivity contribution in [3.05, 3.63) is 64.4 Å². The molecule has 0 saturated carbocycles. The Morgan fingerprint density at radius 1 is 1.00 bits per heavy atom. The molecule has 1 aromatic heterocycles. The molecule has 30 heavy (non-hydrogen) atoms. The first-order chi connectivity index (χ1) is 14.3. The Kier molecular flexibility index (Phi) is 5.88. The molecule has 0 atom stereocenters. The average molecular weight is 445 g/mol. The molecular formula is C21H26N5O2S2+. The third-order valence-corrected chi connectivity index (χ3v) is 7.70. The van der Waals surface area contributed by atoms with Gasteiger partial charge in [-0.05, 0) is 38.2 Å². The number of piperazine rings is 1. The summed E-state index contributed by atoms with van der Waals surface area (Å²) in [6, 6.07) is 15.2. The van der Waals surface area contributed by atoms with Crippen molar-refractivity contribution < 1.29 is 13.3 Å². The quantitative estimate of drug-likeness (QED) is 0.588. The number of hydrogen-bond acceptors (Lipinski definition) is 4. The second kappa shape index (κ2) is 8.43. The van der Waals surface area contributed by atoms with Crippen LogP contribution in [0.5, 0.6) is 0 Å². The van der Waals surface area contributed by atoms with Crippen LogP contribution in [-0.4, -0.2) is 53.7 Å². The van der Waals surface area contributed by atoms with Crippen LogP contribution in [0.3, 0.4) is 0 Å². The van der Waals surface area contributed by atoms with Crippen LogP contribution >= 0.6 is 12.2 Å². The largest absolute Gasteiger partial charge is 0.314 e. The van der Waals surface area contributed by atoms with E-state index in [2.05, 4.69) is 10.1 Å². The fraction of sp³-hybridized carbons (Fsp3) is 0.333. The number of aromatic amines is 1. The maximum Gasteiger partial charge on any atom is 0.243 e. The van der Waals surface area contributed by atoms with Gasteiger partial charge >= 0.3 is 0 Å². The molecule has 4 rings (SSSR count). The lowest BCUT2D eigenvalue weighted by Crippen LogP contribution is -3.14. The summed E-state index contributed by atoms with van der Waals surface area (Å²) in [5, 5.41) is 3.29. The van der Waals surface area contributed by atoms with Crippen molar-refractivity contribution in [3.8, 4) is 11.4 Å². The molecule has 0 unspecified atom stereocenters. The van der Waals surface area contributed by atoms with Gasteiger partial charge in [-0.3, -0.25) is 5.10 Å². The van der Waals surface area contributed by atoms with Crippen molar-refractivity contribution in [1.82, 2.24) is 19.1 Å². The molecule has 3 aromatic rings. The first-order valence-corrected chi connectivity index (χ1v) is 11.8. The third kappa shape index (κ3) is 4.39. The van der Waals surface area contributed by atoms with Gasteiger partial charge in [0.15, 0.2) is 12.5 Å². The molecule has 2 N–H and O–H groups in total. The van der Waals surface area contributed by atoms with E-state index in [0.29, 0.717) is 42.5 Å². The standard InChI is InChI=1S/C21H25N5O2S2/c1-16-3-7-18(8-4-16)20-22-21(29)26(23-20)15-24-11-13-25(14-12-24)30(27,28)19-9-5-17(2)6-10-19/h3-10H,11-15H2,1-2H3,(H,22,23,29)/p+1. The van der Waals surface area contributed by atoms with Gasteiger partial charge in [-0.25, -0.2) is 13.1 Å². The van der Waals surface area contributed by atoms with Gasteiger partial charge in [-0.2, -0.15) is 9.29 Å². The monoisotopic (exact) mass is 444 g/mol. The number of nitrogens with zero attached hydrogens (tertiary/aromatic N) is 3. The number of quaternary nitrogens is 1. The molecule has 9 heteroatoms. The molecule has 158 valence electrons. The van der Waals surface area contributed by atoms with Crippen LogP contribution in [0, 0.1) is 18.6 Å². The fourth-order valence-corrected chi connectivity index (χ4v) is 5.23. The number of nitrogens with one attached hydrogen (secondary N) is 2. The van der Waals surface area contributed by atoms with E-state index in [9.17, 15) is 8.42 Å². The second-order valence-corrected chi connectivity index (χ2v) is 10.1. The van der Waals surface area contributed by atoms with Crippen LogP contribution in [0.2, 0.25) is 0 Å². The van der Waals surface area contributed by atoms with Gasteiger partial charge in [0.25, 0.3) is 0 Å². The van der Waals surface area contributed by atoms with Gasteiger partial charge in [0.05, 0.1) is 31.1 Å². The lowest BCUT2D eigenvalue weighted by atomic mass is 10.1. The topological polar surface area (TPSA) is 75.4 Å². The highest BCUT2D eigenvalue weighted by Crippen LogP contribution is 2.17. The predicted octanol–water partition coefficient (Wildman–Crippen LogP) is 1.77. The van der Waals surface area contributed by atoms with Crippen molar-refractivity contribution in [2.45, 2.75) is 25.4 Å². The van der Waals surface area contributed by atoms with E-state index in [0.717, 1.165) is 17.0 Å². The van der Waals surface area contributed by atoms with Crippen molar-refractivity contribution in [1.29, 1.82) is 0 Å². The SMILES string of the molecule is Cc1ccc(-c2nc(=S)n(C[NH+]3CCN(S(=O)(=O)c4ccc(C)cc4)CC3)[nH]2)cc1. The smallest absolute Gasteiger partial charge is 0.243 e. The summed E-state index contributed by atoms with van der Waals surface area (Å²) < 4.78 is 29.7. The molecule has 0 bridgehead atoms. The van der Waals surface area contributed by atoms with Gasteiger partial charge in [-0.15, -0.1) is 0 Å². The molecule has 2 aromatic carbocycles. The highest BCUT2D eigenvalue weighted by Gasteiger charge is 2.30. The zero-order chi connectivity index (χ0) is 21.3. The molecule has 2 heterocycles. The lowest BCUT2D eigenvalue weighted by Gasteiger charge is -2.31. The van der Waals surface area contributed by atoms with E-state index in [-0.39, 0.29) is 0 Å². The van der Waals surface area contributed by atoms with E-state index >= 15 is 0 Å². The first-order valence-electron chi connectivity index (χ1n) is 9.97. The normalized spacial score (nSPS) is 16.1. The number of sulfonamides is 1. The summed E-state index contributed by atoms with van der Waals surface area (Å²) in [5.74, 6) is 0.750. The number of aromatic nitrogens is 3. The Bertz CT molecular complexity index is 1170. The van der Waals surface area contributed by atoms with Crippen molar-refractivity contribution >= 4 is 22.2 Å². The Hall–Kier alpha value is -2.33. The van der Waals surface area contributed by atoms with Gasteiger partial charge in [-0.1, -0.05) is 47.5 Å². The maximum absolute atomic E-state index is 12.9. The van der Waals surface area contributed by atoms with Crippen LogP contribution in [0.25, 0.3) is 11.4 Å². The summed E-state index contributed by atoms with van der Waals surface area (Å²) in [7, 11) is -3.45. The highest BCUT2D eigenvalue weighted by atomic mass is 32.2. The van der Waals surface area contributed by atoms with Crippen LogP contribution in [0.1, 0.15) is 11.1 Å². The van der Waals surface area contributed by atoms with E-state index in [1.165, 1.54) is 10.5 Å². The highest BCUT2D eigenvalue weighted by molar-refractivity contribution is 7.89. The Morgan fingerprint density at radius 3 is 2.17 bits per heavy atom. The average Bonchev–Trinajstić information content (AvgIpc) is 3.09. The fourth-order valence-electron chi connectivity index (χ4n) is 3.59. The van der Waals surface area contributed by atoms with Crippen LogP contribution < -0.4 is 4.90 Å². The number of H-pyrrole nitrogens is 1. The zero-order valence-corrected chi connectivity index (χ0v) is 18.8. The summed E-state index contributed by atoms with van der Waals surface area (Å²) in [6.45, 7) is 7.03. The Balaban J connectivity index is 1.41.